The van der Waals surface area contributed by atoms with Crippen LogP contribution >= 0.6 is 0 Å². The number of ether oxygens (including phenoxy) is 3. The second-order valence-corrected chi connectivity index (χ2v) is 4.56. The third kappa shape index (κ3) is 3.75. The fraction of sp³-hybridized carbons (Fsp3) is 0.571. The topological polar surface area (TPSA) is 65.7 Å². The fourth-order valence-electron chi connectivity index (χ4n) is 2.01. The molecule has 0 amide bonds. The molecule has 108 valence electrons. The van der Waals surface area contributed by atoms with Gasteiger partial charge in [-0.2, -0.15) is 0 Å². The van der Waals surface area contributed by atoms with Crippen LogP contribution in [-0.2, 0) is 0 Å². The molecule has 0 spiro atoms. The molecular formula is C14H24N2O3. The van der Waals surface area contributed by atoms with Crippen molar-refractivity contribution in [3.8, 4) is 17.2 Å². The highest BCUT2D eigenvalue weighted by atomic mass is 16.5. The van der Waals surface area contributed by atoms with E-state index in [0.717, 1.165) is 11.3 Å². The number of hydrogen-bond acceptors (Lipinski definition) is 5. The van der Waals surface area contributed by atoms with Gasteiger partial charge >= 0.3 is 0 Å². The average molecular weight is 268 g/mol. The van der Waals surface area contributed by atoms with Crippen LogP contribution in [0.3, 0.4) is 0 Å². The Morgan fingerprint density at radius 2 is 1.53 bits per heavy atom. The van der Waals surface area contributed by atoms with Gasteiger partial charge in [0, 0.05) is 30.3 Å². The third-order valence-corrected chi connectivity index (χ3v) is 2.88. The van der Waals surface area contributed by atoms with E-state index in [1.54, 1.807) is 21.3 Å². The predicted octanol–water partition coefficient (Wildman–Crippen LogP) is 1.71. The maximum absolute atomic E-state index is 5.85. The van der Waals surface area contributed by atoms with Crippen LogP contribution < -0.4 is 25.3 Å². The number of methoxy groups -OCH3 is 3. The summed E-state index contributed by atoms with van der Waals surface area (Å²) in [5.41, 5.74) is 6.82. The molecule has 0 aliphatic heterocycles. The van der Waals surface area contributed by atoms with Crippen LogP contribution in [0.15, 0.2) is 12.1 Å². The van der Waals surface area contributed by atoms with Crippen LogP contribution in [-0.4, -0.2) is 33.9 Å². The number of nitrogens with one attached hydrogen (secondary N) is 1. The van der Waals surface area contributed by atoms with Gasteiger partial charge in [0.15, 0.2) is 11.5 Å². The molecule has 19 heavy (non-hydrogen) atoms. The smallest absolute Gasteiger partial charge is 0.164 e. The first-order valence-electron chi connectivity index (χ1n) is 6.33. The molecule has 0 heterocycles. The van der Waals surface area contributed by atoms with E-state index in [2.05, 4.69) is 19.2 Å². The Hall–Kier alpha value is -1.46. The quantitative estimate of drug-likeness (QED) is 0.788. The lowest BCUT2D eigenvalue weighted by Crippen LogP contribution is -2.33. The molecule has 0 aliphatic rings. The largest absolute Gasteiger partial charge is 0.496 e. The highest BCUT2D eigenvalue weighted by Crippen LogP contribution is 2.37. The van der Waals surface area contributed by atoms with E-state index < -0.39 is 0 Å². The molecule has 1 atom stereocenters. The van der Waals surface area contributed by atoms with Crippen LogP contribution in [0.25, 0.3) is 0 Å². The maximum Gasteiger partial charge on any atom is 0.164 e. The van der Waals surface area contributed by atoms with Gasteiger partial charge in [-0.15, -0.1) is 0 Å². The minimum Gasteiger partial charge on any atom is -0.496 e. The van der Waals surface area contributed by atoms with Crippen LogP contribution in [0.4, 0.5) is 0 Å². The van der Waals surface area contributed by atoms with Gasteiger partial charge in [-0.25, -0.2) is 0 Å². The van der Waals surface area contributed by atoms with Gasteiger partial charge in [0.1, 0.15) is 5.75 Å². The van der Waals surface area contributed by atoms with E-state index in [1.807, 2.05) is 12.1 Å². The van der Waals surface area contributed by atoms with Crippen molar-refractivity contribution in [1.29, 1.82) is 0 Å². The van der Waals surface area contributed by atoms with Gasteiger partial charge in [0.2, 0.25) is 0 Å². The van der Waals surface area contributed by atoms with Crippen molar-refractivity contribution in [3.63, 3.8) is 0 Å². The molecule has 0 aliphatic carbocycles. The molecule has 0 radical (unpaired) electrons. The zero-order chi connectivity index (χ0) is 14.4. The highest BCUT2D eigenvalue weighted by molar-refractivity contribution is 5.52. The molecule has 0 saturated heterocycles. The molecule has 1 aromatic rings. The molecule has 1 rings (SSSR count). The summed E-state index contributed by atoms with van der Waals surface area (Å²) < 4.78 is 16.0. The third-order valence-electron chi connectivity index (χ3n) is 2.88. The molecule has 0 bridgehead atoms. The van der Waals surface area contributed by atoms with E-state index in [9.17, 15) is 0 Å². The van der Waals surface area contributed by atoms with Crippen LogP contribution in [0.2, 0.25) is 0 Å². The monoisotopic (exact) mass is 268 g/mol. The standard InChI is InChI=1S/C14H24N2O3/c1-9(2)16-11(8-15)10-6-13(18-4)14(19-5)7-12(10)17-3/h6-7,9,11,16H,8,15H2,1-5H3. The van der Waals surface area contributed by atoms with Crippen molar-refractivity contribution in [2.75, 3.05) is 27.9 Å². The second-order valence-electron chi connectivity index (χ2n) is 4.56. The second kappa shape index (κ2) is 7.21. The van der Waals surface area contributed by atoms with Gasteiger partial charge in [-0.1, -0.05) is 13.8 Å². The molecule has 3 N–H and O–H groups in total. The summed E-state index contributed by atoms with van der Waals surface area (Å²) in [6, 6.07) is 4.06. The minimum absolute atomic E-state index is 0.00903. The van der Waals surface area contributed by atoms with Crippen LogP contribution in [0, 0.1) is 0 Å². The Kier molecular flexibility index (Phi) is 5.92. The molecular weight excluding hydrogens is 244 g/mol. The van der Waals surface area contributed by atoms with Crippen molar-refractivity contribution >= 4 is 0 Å². The SMILES string of the molecule is COc1cc(OC)c(C(CN)NC(C)C)cc1OC. The van der Waals surface area contributed by atoms with E-state index in [4.69, 9.17) is 19.9 Å². The summed E-state index contributed by atoms with van der Waals surface area (Å²) in [6.45, 7) is 4.63. The molecule has 0 aromatic heterocycles. The van der Waals surface area contributed by atoms with Crippen LogP contribution in [0.5, 0.6) is 17.2 Å². The lowest BCUT2D eigenvalue weighted by molar-refractivity contribution is 0.344. The summed E-state index contributed by atoms with van der Waals surface area (Å²) in [7, 11) is 4.85. The normalized spacial score (nSPS) is 12.4. The lowest BCUT2D eigenvalue weighted by atomic mass is 10.0. The molecule has 1 aromatic carbocycles. The van der Waals surface area contributed by atoms with Gasteiger partial charge in [-0.05, 0) is 6.07 Å². The van der Waals surface area contributed by atoms with E-state index in [1.165, 1.54) is 0 Å². The number of benzene rings is 1. The Labute approximate surface area is 115 Å². The molecule has 0 fully saturated rings. The zero-order valence-electron chi connectivity index (χ0n) is 12.3. The lowest BCUT2D eigenvalue weighted by Gasteiger charge is -2.23. The summed E-state index contributed by atoms with van der Waals surface area (Å²) in [5, 5.41) is 3.41. The maximum atomic E-state index is 5.85. The molecule has 5 heteroatoms. The summed E-state index contributed by atoms with van der Waals surface area (Å²) in [5.74, 6) is 2.05. The highest BCUT2D eigenvalue weighted by Gasteiger charge is 2.19. The Balaban J connectivity index is 3.23. The van der Waals surface area contributed by atoms with Crippen molar-refractivity contribution < 1.29 is 14.2 Å². The molecule has 5 nitrogen and oxygen atoms in total. The first-order chi connectivity index (χ1) is 9.07. The Morgan fingerprint density at radius 3 is 1.95 bits per heavy atom. The van der Waals surface area contributed by atoms with Crippen LogP contribution in [0.1, 0.15) is 25.5 Å². The molecule has 0 saturated carbocycles. The molecule has 1 unspecified atom stereocenters. The van der Waals surface area contributed by atoms with Crippen molar-refractivity contribution in [1.82, 2.24) is 5.32 Å². The Bertz CT molecular complexity index is 408. The number of rotatable bonds is 7. The summed E-state index contributed by atoms with van der Waals surface area (Å²) in [4.78, 5) is 0. The zero-order valence-corrected chi connectivity index (χ0v) is 12.3. The van der Waals surface area contributed by atoms with E-state index >= 15 is 0 Å². The number of nitrogens with two attached hydrogens (primary N) is 1. The van der Waals surface area contributed by atoms with E-state index in [0.29, 0.717) is 24.1 Å². The predicted molar refractivity (Wildman–Crippen MR) is 76.2 cm³/mol. The first kappa shape index (κ1) is 15.6. The van der Waals surface area contributed by atoms with Gasteiger partial charge in [0.05, 0.1) is 21.3 Å². The fourth-order valence-corrected chi connectivity index (χ4v) is 2.01. The van der Waals surface area contributed by atoms with Crippen molar-refractivity contribution in [2.24, 2.45) is 5.73 Å². The first-order valence-corrected chi connectivity index (χ1v) is 6.33. The summed E-state index contributed by atoms with van der Waals surface area (Å²) >= 11 is 0. The van der Waals surface area contributed by atoms with Gasteiger partial charge < -0.3 is 25.3 Å². The van der Waals surface area contributed by atoms with E-state index in [-0.39, 0.29) is 6.04 Å². The minimum atomic E-state index is 0.00903. The van der Waals surface area contributed by atoms with Gasteiger partial charge in [0.25, 0.3) is 0 Å². The Morgan fingerprint density at radius 1 is 1.00 bits per heavy atom. The van der Waals surface area contributed by atoms with Gasteiger partial charge in [-0.3, -0.25) is 0 Å². The number of hydrogen-bond donors (Lipinski definition) is 2. The average Bonchev–Trinajstić information content (AvgIpc) is 2.42. The summed E-state index contributed by atoms with van der Waals surface area (Å²) in [6.07, 6.45) is 0. The van der Waals surface area contributed by atoms with Crippen molar-refractivity contribution in [3.05, 3.63) is 17.7 Å². The van der Waals surface area contributed by atoms with Crippen molar-refractivity contribution in [2.45, 2.75) is 25.9 Å².